The maximum Gasteiger partial charge on any atom is 0.231 e. The Hall–Kier alpha value is -1.42. The second-order valence-electron chi connectivity index (χ2n) is 2.94. The number of nitrogens with zero attached hydrogens (tertiary/aromatic N) is 1. The molecule has 0 aliphatic carbocycles. The number of primary amides is 1. The number of hydrogen-bond acceptors (Lipinski definition) is 3. The van der Waals surface area contributed by atoms with Crippen LogP contribution in [0.5, 0.6) is 0 Å². The van der Waals surface area contributed by atoms with Gasteiger partial charge in [-0.3, -0.25) is 9.78 Å². The molecule has 0 aliphatic rings. The maximum atomic E-state index is 10.4. The van der Waals surface area contributed by atoms with Gasteiger partial charge in [-0.05, 0) is 18.1 Å². The molecule has 1 aromatic rings. The second-order valence-corrected chi connectivity index (χ2v) is 2.94. The van der Waals surface area contributed by atoms with Gasteiger partial charge in [-0.2, -0.15) is 0 Å². The summed E-state index contributed by atoms with van der Waals surface area (Å²) in [5.41, 5.74) is 7.14. The standard InChI is InChI=1S/C9H13N3O/c1-7-2-8(4-11-3-7)5-12-6-9(10)13/h2-4,12H,5-6H2,1H3,(H2,10,13). The lowest BCUT2D eigenvalue weighted by atomic mass is 10.2. The zero-order valence-corrected chi connectivity index (χ0v) is 7.58. The van der Waals surface area contributed by atoms with Crippen molar-refractivity contribution in [2.24, 2.45) is 5.73 Å². The first-order valence-corrected chi connectivity index (χ1v) is 4.08. The summed E-state index contributed by atoms with van der Waals surface area (Å²) in [4.78, 5) is 14.4. The summed E-state index contributed by atoms with van der Waals surface area (Å²) in [6.45, 7) is 2.80. The molecule has 0 bridgehead atoms. The Balaban J connectivity index is 2.41. The molecule has 70 valence electrons. The molecular formula is C9H13N3O. The van der Waals surface area contributed by atoms with E-state index in [1.807, 2.05) is 13.0 Å². The molecule has 0 unspecified atom stereocenters. The van der Waals surface area contributed by atoms with Crippen LogP contribution in [-0.2, 0) is 11.3 Å². The Morgan fingerprint density at radius 3 is 3.00 bits per heavy atom. The van der Waals surface area contributed by atoms with Crippen LogP contribution in [-0.4, -0.2) is 17.4 Å². The van der Waals surface area contributed by atoms with Gasteiger partial charge in [0.1, 0.15) is 0 Å². The number of pyridine rings is 1. The Bertz CT molecular complexity index is 299. The number of hydrogen-bond donors (Lipinski definition) is 2. The maximum absolute atomic E-state index is 10.4. The third-order valence-corrected chi connectivity index (χ3v) is 1.56. The zero-order chi connectivity index (χ0) is 9.68. The molecule has 0 saturated carbocycles. The topological polar surface area (TPSA) is 68.0 Å². The van der Waals surface area contributed by atoms with Crippen LogP contribution in [0.15, 0.2) is 18.5 Å². The molecule has 0 saturated heterocycles. The molecule has 13 heavy (non-hydrogen) atoms. The van der Waals surface area contributed by atoms with Gasteiger partial charge in [0.2, 0.25) is 5.91 Å². The Labute approximate surface area is 77.2 Å². The summed E-state index contributed by atoms with van der Waals surface area (Å²) in [5, 5.41) is 2.91. The van der Waals surface area contributed by atoms with Crippen molar-refractivity contribution in [3.63, 3.8) is 0 Å². The van der Waals surface area contributed by atoms with Gasteiger partial charge in [0.05, 0.1) is 6.54 Å². The molecule has 3 N–H and O–H groups in total. The van der Waals surface area contributed by atoms with E-state index in [-0.39, 0.29) is 12.5 Å². The van der Waals surface area contributed by atoms with Crippen molar-refractivity contribution in [2.75, 3.05) is 6.54 Å². The smallest absolute Gasteiger partial charge is 0.231 e. The SMILES string of the molecule is Cc1cncc(CNCC(N)=O)c1. The average molecular weight is 179 g/mol. The molecule has 1 amide bonds. The van der Waals surface area contributed by atoms with E-state index in [1.165, 1.54) is 0 Å². The van der Waals surface area contributed by atoms with E-state index in [4.69, 9.17) is 5.73 Å². The number of rotatable bonds is 4. The molecule has 0 spiro atoms. The van der Waals surface area contributed by atoms with Crippen molar-refractivity contribution in [3.8, 4) is 0 Å². The highest BCUT2D eigenvalue weighted by Crippen LogP contribution is 1.99. The second kappa shape index (κ2) is 4.57. The Morgan fingerprint density at radius 1 is 1.62 bits per heavy atom. The molecule has 0 radical (unpaired) electrons. The fourth-order valence-corrected chi connectivity index (χ4v) is 1.04. The van der Waals surface area contributed by atoms with Crippen LogP contribution in [0.4, 0.5) is 0 Å². The van der Waals surface area contributed by atoms with Crippen molar-refractivity contribution in [3.05, 3.63) is 29.6 Å². The van der Waals surface area contributed by atoms with Crippen molar-refractivity contribution in [1.29, 1.82) is 0 Å². The van der Waals surface area contributed by atoms with Crippen molar-refractivity contribution in [1.82, 2.24) is 10.3 Å². The number of nitrogens with one attached hydrogen (secondary N) is 1. The van der Waals surface area contributed by atoms with Gasteiger partial charge in [-0.25, -0.2) is 0 Å². The zero-order valence-electron chi connectivity index (χ0n) is 7.58. The summed E-state index contributed by atoms with van der Waals surface area (Å²) >= 11 is 0. The fourth-order valence-electron chi connectivity index (χ4n) is 1.04. The van der Waals surface area contributed by atoms with E-state index in [1.54, 1.807) is 12.4 Å². The van der Waals surface area contributed by atoms with Crippen LogP contribution in [0.25, 0.3) is 0 Å². The van der Waals surface area contributed by atoms with Gasteiger partial charge < -0.3 is 11.1 Å². The highest BCUT2D eigenvalue weighted by atomic mass is 16.1. The quantitative estimate of drug-likeness (QED) is 0.681. The highest BCUT2D eigenvalue weighted by Gasteiger charge is 1.95. The van der Waals surface area contributed by atoms with Gasteiger partial charge in [0.25, 0.3) is 0 Å². The molecule has 0 aliphatic heterocycles. The van der Waals surface area contributed by atoms with Gasteiger partial charge in [-0.1, -0.05) is 6.07 Å². The summed E-state index contributed by atoms with van der Waals surface area (Å²) < 4.78 is 0. The van der Waals surface area contributed by atoms with Crippen LogP contribution in [0.3, 0.4) is 0 Å². The largest absolute Gasteiger partial charge is 0.369 e. The molecule has 0 aromatic carbocycles. The predicted octanol–water partition coefficient (Wildman–Crippen LogP) is -0.0351. The summed E-state index contributed by atoms with van der Waals surface area (Å²) in [5.74, 6) is -0.347. The minimum Gasteiger partial charge on any atom is -0.369 e. The third-order valence-electron chi connectivity index (χ3n) is 1.56. The van der Waals surface area contributed by atoms with E-state index < -0.39 is 0 Å². The van der Waals surface area contributed by atoms with E-state index in [0.717, 1.165) is 11.1 Å². The molecule has 4 nitrogen and oxygen atoms in total. The number of aryl methyl sites for hydroxylation is 1. The highest BCUT2D eigenvalue weighted by molar-refractivity contribution is 5.75. The van der Waals surface area contributed by atoms with Crippen molar-refractivity contribution < 1.29 is 4.79 Å². The summed E-state index contributed by atoms with van der Waals surface area (Å²) in [6.07, 6.45) is 3.55. The number of carbonyl (C=O) groups excluding carboxylic acids is 1. The van der Waals surface area contributed by atoms with Crippen LogP contribution < -0.4 is 11.1 Å². The van der Waals surface area contributed by atoms with E-state index in [0.29, 0.717) is 6.54 Å². The lowest BCUT2D eigenvalue weighted by Gasteiger charge is -2.02. The number of aromatic nitrogens is 1. The first-order valence-electron chi connectivity index (χ1n) is 4.08. The van der Waals surface area contributed by atoms with Crippen molar-refractivity contribution in [2.45, 2.75) is 13.5 Å². The molecule has 1 heterocycles. The van der Waals surface area contributed by atoms with E-state index in [9.17, 15) is 4.79 Å². The minimum absolute atomic E-state index is 0.202. The third kappa shape index (κ3) is 3.66. The number of nitrogens with two attached hydrogens (primary N) is 1. The van der Waals surface area contributed by atoms with E-state index in [2.05, 4.69) is 10.3 Å². The Kier molecular flexibility index (Phi) is 3.40. The minimum atomic E-state index is -0.347. The summed E-state index contributed by atoms with van der Waals surface area (Å²) in [6, 6.07) is 2.01. The van der Waals surface area contributed by atoms with E-state index >= 15 is 0 Å². The lowest BCUT2D eigenvalue weighted by molar-refractivity contribution is -0.117. The van der Waals surface area contributed by atoms with Crippen molar-refractivity contribution >= 4 is 5.91 Å². The molecule has 0 atom stereocenters. The fraction of sp³-hybridized carbons (Fsp3) is 0.333. The van der Waals surface area contributed by atoms with Gasteiger partial charge in [0, 0.05) is 18.9 Å². The first kappa shape index (κ1) is 9.67. The van der Waals surface area contributed by atoms with Crippen LogP contribution in [0.1, 0.15) is 11.1 Å². The first-order chi connectivity index (χ1) is 6.18. The van der Waals surface area contributed by atoms with Crippen LogP contribution in [0.2, 0.25) is 0 Å². The van der Waals surface area contributed by atoms with Gasteiger partial charge >= 0.3 is 0 Å². The molecule has 1 rings (SSSR count). The summed E-state index contributed by atoms with van der Waals surface area (Å²) in [7, 11) is 0. The molecule has 0 fully saturated rings. The molecule has 4 heteroatoms. The molecular weight excluding hydrogens is 166 g/mol. The van der Waals surface area contributed by atoms with Crippen LogP contribution in [0, 0.1) is 6.92 Å². The normalized spacial score (nSPS) is 9.92. The number of amides is 1. The monoisotopic (exact) mass is 179 g/mol. The van der Waals surface area contributed by atoms with Gasteiger partial charge in [-0.15, -0.1) is 0 Å². The Morgan fingerprint density at radius 2 is 2.38 bits per heavy atom. The van der Waals surface area contributed by atoms with Gasteiger partial charge in [0.15, 0.2) is 0 Å². The molecule has 1 aromatic heterocycles. The number of carbonyl (C=O) groups is 1. The average Bonchev–Trinajstić information content (AvgIpc) is 2.03. The lowest BCUT2D eigenvalue weighted by Crippen LogP contribution is -2.28. The predicted molar refractivity (Wildman–Crippen MR) is 49.9 cm³/mol. The van der Waals surface area contributed by atoms with Crippen LogP contribution >= 0.6 is 0 Å².